The van der Waals surface area contributed by atoms with E-state index in [1.165, 1.54) is 17.7 Å². The van der Waals surface area contributed by atoms with Gasteiger partial charge in [0.2, 0.25) is 0 Å². The minimum Gasteiger partial charge on any atom is -0.290 e. The first-order chi connectivity index (χ1) is 7.93. The number of carbonyl (C=O) groups excluding carboxylic acids is 2. The average molecular weight is 230 g/mol. The summed E-state index contributed by atoms with van der Waals surface area (Å²) in [6.45, 7) is 8.42. The van der Waals surface area contributed by atoms with Gasteiger partial charge in [0.25, 0.3) is 0 Å². The summed E-state index contributed by atoms with van der Waals surface area (Å²) in [7, 11) is 0. The summed E-state index contributed by atoms with van der Waals surface area (Å²) in [6.07, 6.45) is 3.48. The van der Waals surface area contributed by atoms with E-state index in [0.29, 0.717) is 29.4 Å². The number of hydrogen-bond donors (Lipinski definition) is 0. The van der Waals surface area contributed by atoms with Crippen LogP contribution in [0.15, 0.2) is 34.4 Å². The summed E-state index contributed by atoms with van der Waals surface area (Å²) in [6, 6.07) is 0. The van der Waals surface area contributed by atoms with Gasteiger partial charge in [0.1, 0.15) is 0 Å². The van der Waals surface area contributed by atoms with Crippen LogP contribution in [-0.2, 0) is 9.59 Å². The highest BCUT2D eigenvalue weighted by molar-refractivity contribution is 6.23. The Morgan fingerprint density at radius 3 is 2.06 bits per heavy atom. The van der Waals surface area contributed by atoms with E-state index in [9.17, 15) is 9.59 Å². The molecule has 2 aliphatic carbocycles. The van der Waals surface area contributed by atoms with E-state index >= 15 is 0 Å². The Labute approximate surface area is 102 Å². The first kappa shape index (κ1) is 12.0. The summed E-state index contributed by atoms with van der Waals surface area (Å²) in [5.41, 5.74) is 3.77. The Balaban J connectivity index is 2.56. The fourth-order valence-corrected chi connectivity index (χ4v) is 2.70. The maximum atomic E-state index is 12.0. The number of rotatable bonds is 2. The Bertz CT molecular complexity index is 485. The molecule has 2 nitrogen and oxygen atoms in total. The summed E-state index contributed by atoms with van der Waals surface area (Å²) in [4.78, 5) is 23.8. The first-order valence-electron chi connectivity index (χ1n) is 6.16. The quantitative estimate of drug-likeness (QED) is 0.683. The molecule has 17 heavy (non-hydrogen) atoms. The van der Waals surface area contributed by atoms with Gasteiger partial charge in [-0.1, -0.05) is 33.3 Å². The molecule has 0 heterocycles. The van der Waals surface area contributed by atoms with E-state index < -0.39 is 0 Å². The van der Waals surface area contributed by atoms with Gasteiger partial charge in [-0.3, -0.25) is 9.59 Å². The van der Waals surface area contributed by atoms with Crippen LogP contribution in [0.1, 0.15) is 34.1 Å². The Morgan fingerprint density at radius 2 is 1.53 bits per heavy atom. The summed E-state index contributed by atoms with van der Waals surface area (Å²) >= 11 is 0. The number of carbonyl (C=O) groups is 2. The smallest absolute Gasteiger partial charge is 0.186 e. The lowest BCUT2D eigenvalue weighted by atomic mass is 9.87. The first-order valence-corrected chi connectivity index (χ1v) is 6.16. The molecule has 0 spiro atoms. The molecule has 0 N–H and O–H groups in total. The van der Waals surface area contributed by atoms with E-state index in [4.69, 9.17) is 0 Å². The van der Waals surface area contributed by atoms with Gasteiger partial charge in [-0.25, -0.2) is 0 Å². The van der Waals surface area contributed by atoms with Crippen LogP contribution in [0.25, 0.3) is 0 Å². The molecular weight excluding hydrogens is 212 g/mol. The Morgan fingerprint density at radius 1 is 0.941 bits per heavy atom. The van der Waals surface area contributed by atoms with Gasteiger partial charge in [-0.2, -0.15) is 0 Å². The monoisotopic (exact) mass is 230 g/mol. The maximum Gasteiger partial charge on any atom is 0.186 e. The lowest BCUT2D eigenvalue weighted by Gasteiger charge is -2.16. The lowest BCUT2D eigenvalue weighted by Crippen LogP contribution is -2.14. The van der Waals surface area contributed by atoms with Crippen molar-refractivity contribution >= 4 is 11.6 Å². The molecule has 2 heteroatoms. The molecule has 0 aromatic rings. The number of ketones is 2. The van der Waals surface area contributed by atoms with Crippen molar-refractivity contribution in [3.8, 4) is 0 Å². The van der Waals surface area contributed by atoms with Crippen LogP contribution in [-0.4, -0.2) is 11.6 Å². The highest BCUT2D eigenvalue weighted by Gasteiger charge is 2.34. The van der Waals surface area contributed by atoms with Gasteiger partial charge < -0.3 is 0 Å². The molecule has 0 saturated heterocycles. The zero-order valence-corrected chi connectivity index (χ0v) is 10.8. The molecule has 0 aromatic carbocycles. The van der Waals surface area contributed by atoms with Gasteiger partial charge in [0.15, 0.2) is 11.6 Å². The third-order valence-electron chi connectivity index (χ3n) is 3.49. The molecule has 2 aliphatic rings. The Hall–Kier alpha value is -1.44. The van der Waals surface area contributed by atoms with Crippen molar-refractivity contribution in [1.82, 2.24) is 0 Å². The van der Waals surface area contributed by atoms with Gasteiger partial charge in [-0.05, 0) is 36.0 Å². The average Bonchev–Trinajstić information content (AvgIpc) is 2.64. The van der Waals surface area contributed by atoms with Crippen LogP contribution in [0, 0.1) is 11.8 Å². The van der Waals surface area contributed by atoms with E-state index in [0.717, 1.165) is 5.57 Å². The second-order valence-corrected chi connectivity index (χ2v) is 5.34. The molecule has 0 saturated carbocycles. The number of hydrogen-bond acceptors (Lipinski definition) is 2. The fraction of sp³-hybridized carbons (Fsp3) is 0.467. The highest BCUT2D eigenvalue weighted by atomic mass is 16.1. The van der Waals surface area contributed by atoms with Crippen molar-refractivity contribution in [2.24, 2.45) is 11.8 Å². The second-order valence-electron chi connectivity index (χ2n) is 5.34. The van der Waals surface area contributed by atoms with Gasteiger partial charge in [0.05, 0.1) is 0 Å². The van der Waals surface area contributed by atoms with Crippen LogP contribution in [0.3, 0.4) is 0 Å². The molecule has 0 atom stereocenters. The van der Waals surface area contributed by atoms with Crippen LogP contribution >= 0.6 is 0 Å². The summed E-state index contributed by atoms with van der Waals surface area (Å²) in [5.74, 6) is 0.689. The van der Waals surface area contributed by atoms with Crippen molar-refractivity contribution in [3.05, 3.63) is 34.4 Å². The zero-order valence-electron chi connectivity index (χ0n) is 10.8. The van der Waals surface area contributed by atoms with Gasteiger partial charge in [-0.15, -0.1) is 0 Å². The fourth-order valence-electron chi connectivity index (χ4n) is 2.70. The molecule has 0 amide bonds. The van der Waals surface area contributed by atoms with Crippen LogP contribution in [0.4, 0.5) is 0 Å². The minimum atomic E-state index is -0.000972. The van der Waals surface area contributed by atoms with E-state index in [2.05, 4.69) is 27.7 Å². The summed E-state index contributed by atoms with van der Waals surface area (Å²) < 4.78 is 0. The van der Waals surface area contributed by atoms with Crippen LogP contribution in [0.2, 0.25) is 0 Å². The molecule has 90 valence electrons. The molecule has 0 bridgehead atoms. The molecule has 0 radical (unpaired) electrons. The van der Waals surface area contributed by atoms with Gasteiger partial charge >= 0.3 is 0 Å². The molecule has 2 rings (SSSR count). The Kier molecular flexibility index (Phi) is 2.90. The van der Waals surface area contributed by atoms with E-state index in [-0.39, 0.29) is 11.6 Å². The molecule has 0 unspecified atom stereocenters. The SMILES string of the molecule is CC(C)C1=C(C(C)C)C2=C(C1)C(=O)C=CC2=O. The van der Waals surface area contributed by atoms with Crippen molar-refractivity contribution in [2.45, 2.75) is 34.1 Å². The van der Waals surface area contributed by atoms with Crippen molar-refractivity contribution in [2.75, 3.05) is 0 Å². The topological polar surface area (TPSA) is 34.1 Å². The molecular formula is C15H18O2. The normalized spacial score (nSPS) is 20.1. The third-order valence-corrected chi connectivity index (χ3v) is 3.49. The molecule has 0 aromatic heterocycles. The lowest BCUT2D eigenvalue weighted by molar-refractivity contribution is -0.115. The molecule has 0 aliphatic heterocycles. The van der Waals surface area contributed by atoms with Crippen LogP contribution < -0.4 is 0 Å². The van der Waals surface area contributed by atoms with Crippen LogP contribution in [0.5, 0.6) is 0 Å². The largest absolute Gasteiger partial charge is 0.290 e. The molecule has 0 fully saturated rings. The highest BCUT2D eigenvalue weighted by Crippen LogP contribution is 2.42. The maximum absolute atomic E-state index is 12.0. The predicted octanol–water partition coefficient (Wildman–Crippen LogP) is 3.00. The van der Waals surface area contributed by atoms with E-state index in [1.54, 1.807) is 0 Å². The minimum absolute atomic E-state index is 0.000972. The second kappa shape index (κ2) is 4.10. The van der Waals surface area contributed by atoms with Gasteiger partial charge in [0, 0.05) is 11.1 Å². The summed E-state index contributed by atoms with van der Waals surface area (Å²) in [5, 5.41) is 0. The predicted molar refractivity (Wildman–Crippen MR) is 67.5 cm³/mol. The number of allylic oxidation sites excluding steroid dienone is 6. The third kappa shape index (κ3) is 1.82. The zero-order chi connectivity index (χ0) is 12.7. The standard InChI is InChI=1S/C15H18O2/c1-8(2)10-7-11-12(16)5-6-13(17)15(11)14(10)9(3)4/h5-6,8-9H,7H2,1-4H3. The van der Waals surface area contributed by atoms with E-state index in [1.807, 2.05) is 0 Å². The van der Waals surface area contributed by atoms with Crippen molar-refractivity contribution in [3.63, 3.8) is 0 Å². The van der Waals surface area contributed by atoms with Crippen molar-refractivity contribution in [1.29, 1.82) is 0 Å². The van der Waals surface area contributed by atoms with Crippen molar-refractivity contribution < 1.29 is 9.59 Å².